The van der Waals surface area contributed by atoms with Crippen LogP contribution in [-0.2, 0) is 15.0 Å². The van der Waals surface area contributed by atoms with Crippen molar-refractivity contribution in [3.63, 3.8) is 0 Å². The average molecular weight is 386 g/mol. The summed E-state index contributed by atoms with van der Waals surface area (Å²) in [5.41, 5.74) is 9.06. The van der Waals surface area contributed by atoms with E-state index >= 15 is 0 Å². The molecule has 1 aliphatic carbocycles. The first kappa shape index (κ1) is 20.4. The lowest BCUT2D eigenvalue weighted by molar-refractivity contribution is -0.144. The van der Waals surface area contributed by atoms with Crippen molar-refractivity contribution >= 4 is 23.3 Å². The Bertz CT molecular complexity index is 638. The second-order valence-electron chi connectivity index (χ2n) is 6.55. The van der Waals surface area contributed by atoms with E-state index in [-0.39, 0.29) is 25.7 Å². The lowest BCUT2D eigenvalue weighted by atomic mass is 9.78. The number of nitrogens with two attached hydrogens (primary N) is 2. The highest BCUT2D eigenvalue weighted by Gasteiger charge is 2.68. The summed E-state index contributed by atoms with van der Waals surface area (Å²) in [6.07, 6.45) is 0.313. The molecule has 1 saturated carbocycles. The van der Waals surface area contributed by atoms with E-state index in [1.807, 2.05) is 0 Å². The van der Waals surface area contributed by atoms with E-state index in [0.717, 1.165) is 0 Å². The molecule has 1 heterocycles. The van der Waals surface area contributed by atoms with Crippen LogP contribution in [-0.4, -0.2) is 77.6 Å². The first-order valence-electron chi connectivity index (χ1n) is 7.61. The van der Waals surface area contributed by atoms with Gasteiger partial charge in [-0.1, -0.05) is 6.42 Å². The van der Waals surface area contributed by atoms with E-state index in [9.17, 15) is 27.1 Å². The summed E-state index contributed by atoms with van der Waals surface area (Å²) in [4.78, 5) is 11.5. The molecular formula is C11H21BF2N4O6S. The number of carboxylic acid groups (broad SMARTS) is 1. The molecule has 2 fully saturated rings. The number of nitrogens with zero attached hydrogens (tertiary/aromatic N) is 1. The maximum absolute atomic E-state index is 13.2. The van der Waals surface area contributed by atoms with Gasteiger partial charge in [0.1, 0.15) is 11.6 Å². The van der Waals surface area contributed by atoms with Gasteiger partial charge in [-0.2, -0.15) is 17.4 Å². The predicted molar refractivity (Wildman–Crippen MR) is 82.6 cm³/mol. The summed E-state index contributed by atoms with van der Waals surface area (Å²) >= 11 is 0. The predicted octanol–water partition coefficient (Wildman–Crippen LogP) is -2.87. The van der Waals surface area contributed by atoms with Crippen LogP contribution in [0.5, 0.6) is 0 Å². The summed E-state index contributed by atoms with van der Waals surface area (Å²) in [7, 11) is -5.97. The Hall–Kier alpha value is -0.895. The molecular weight excluding hydrogens is 365 g/mol. The fourth-order valence-electron chi connectivity index (χ4n) is 2.95. The van der Waals surface area contributed by atoms with Crippen molar-refractivity contribution in [3.05, 3.63) is 0 Å². The third kappa shape index (κ3) is 3.94. The van der Waals surface area contributed by atoms with E-state index in [4.69, 9.17) is 21.5 Å². The van der Waals surface area contributed by atoms with Crippen LogP contribution in [0.2, 0.25) is 6.32 Å². The summed E-state index contributed by atoms with van der Waals surface area (Å²) in [5.74, 6) is -5.59. The minimum Gasteiger partial charge on any atom is -0.480 e. The molecule has 1 aliphatic heterocycles. The smallest absolute Gasteiger partial charge is 0.451 e. The van der Waals surface area contributed by atoms with Crippen molar-refractivity contribution in [2.75, 3.05) is 13.1 Å². The van der Waals surface area contributed by atoms with E-state index in [2.05, 4.69) is 0 Å². The molecule has 25 heavy (non-hydrogen) atoms. The number of halogens is 2. The highest BCUT2D eigenvalue weighted by molar-refractivity contribution is 7.87. The van der Waals surface area contributed by atoms with Gasteiger partial charge < -0.3 is 26.6 Å². The minimum atomic E-state index is -4.40. The van der Waals surface area contributed by atoms with Crippen LogP contribution in [0, 0.1) is 5.92 Å². The van der Waals surface area contributed by atoms with Gasteiger partial charge in [0.2, 0.25) is 0 Å². The standard InChI is InChI=1S/C11H21BF2N4O6S/c13-11(14)7(15)8(11)17-25(23,24)18-4-6(2-1-3-12(21)22)10(16,5-18)9(19)20/h6-8,17,21-22H,1-5,15-16H2,(H,19,20)/t6-,7-,8-,10-/m0/s1. The second-order valence-corrected chi connectivity index (χ2v) is 8.25. The van der Waals surface area contributed by atoms with E-state index < -0.39 is 59.3 Å². The molecule has 0 aromatic rings. The fourth-order valence-corrected chi connectivity index (χ4v) is 4.49. The van der Waals surface area contributed by atoms with Gasteiger partial charge in [-0.15, -0.1) is 0 Å². The van der Waals surface area contributed by atoms with E-state index in [1.165, 1.54) is 0 Å². The quantitative estimate of drug-likeness (QED) is 0.241. The van der Waals surface area contributed by atoms with Crippen molar-refractivity contribution in [2.45, 2.75) is 42.7 Å². The summed E-state index contributed by atoms with van der Waals surface area (Å²) in [6, 6.07) is -3.37. The monoisotopic (exact) mass is 386 g/mol. The minimum absolute atomic E-state index is 0.0274. The number of hydrogen-bond donors (Lipinski definition) is 6. The van der Waals surface area contributed by atoms with Crippen LogP contribution in [0.15, 0.2) is 0 Å². The Morgan fingerprint density at radius 1 is 1.40 bits per heavy atom. The number of alkyl halides is 2. The number of rotatable bonds is 8. The van der Waals surface area contributed by atoms with Crippen LogP contribution in [0.1, 0.15) is 12.8 Å². The third-order valence-electron chi connectivity index (χ3n) is 4.73. The molecule has 4 atom stereocenters. The Balaban J connectivity index is 2.08. The fraction of sp³-hybridized carbons (Fsp3) is 0.909. The molecule has 10 nitrogen and oxygen atoms in total. The summed E-state index contributed by atoms with van der Waals surface area (Å²) in [5, 5.41) is 27.0. The lowest BCUT2D eigenvalue weighted by Gasteiger charge is -2.25. The third-order valence-corrected chi connectivity index (χ3v) is 6.24. The van der Waals surface area contributed by atoms with E-state index in [0.29, 0.717) is 4.31 Å². The number of aliphatic carboxylic acids is 1. The molecule has 2 rings (SSSR count). The molecule has 8 N–H and O–H groups in total. The molecule has 0 aromatic carbocycles. The second kappa shape index (κ2) is 6.68. The normalized spacial score (nSPS) is 34.9. The zero-order valence-electron chi connectivity index (χ0n) is 13.2. The van der Waals surface area contributed by atoms with E-state index in [1.54, 1.807) is 4.72 Å². The summed E-state index contributed by atoms with van der Waals surface area (Å²) in [6.45, 7) is -0.870. The van der Waals surface area contributed by atoms with Crippen LogP contribution in [0.25, 0.3) is 0 Å². The number of carbonyl (C=O) groups is 1. The van der Waals surface area contributed by atoms with Gasteiger partial charge in [-0.3, -0.25) is 4.79 Å². The number of carboxylic acids is 1. The zero-order valence-corrected chi connectivity index (χ0v) is 14.0. The summed E-state index contributed by atoms with van der Waals surface area (Å²) < 4.78 is 53.3. The molecule has 0 unspecified atom stereocenters. The molecule has 0 radical (unpaired) electrons. The molecule has 1 saturated heterocycles. The van der Waals surface area contributed by atoms with Crippen molar-refractivity contribution in [1.82, 2.24) is 9.03 Å². The Kier molecular flexibility index (Phi) is 5.46. The number of nitrogens with one attached hydrogen (secondary N) is 1. The molecule has 14 heteroatoms. The number of hydrogen-bond acceptors (Lipinski definition) is 7. The van der Waals surface area contributed by atoms with Crippen molar-refractivity contribution in [3.8, 4) is 0 Å². The first-order valence-corrected chi connectivity index (χ1v) is 9.05. The van der Waals surface area contributed by atoms with Gasteiger partial charge in [0.05, 0.1) is 6.04 Å². The highest BCUT2D eigenvalue weighted by atomic mass is 32.2. The van der Waals surface area contributed by atoms with Crippen molar-refractivity contribution in [1.29, 1.82) is 0 Å². The van der Waals surface area contributed by atoms with Crippen molar-refractivity contribution < 1.29 is 37.1 Å². The zero-order chi connectivity index (χ0) is 19.2. The highest BCUT2D eigenvalue weighted by Crippen LogP contribution is 2.41. The molecule has 2 aliphatic rings. The topological polar surface area (TPSA) is 179 Å². The first-order chi connectivity index (χ1) is 11.3. The largest absolute Gasteiger partial charge is 0.480 e. The van der Waals surface area contributed by atoms with Gasteiger partial charge in [0, 0.05) is 19.0 Å². The van der Waals surface area contributed by atoms with Crippen LogP contribution in [0.3, 0.4) is 0 Å². The maximum Gasteiger partial charge on any atom is 0.451 e. The van der Waals surface area contributed by atoms with Gasteiger partial charge in [0.15, 0.2) is 0 Å². The average Bonchev–Trinajstić information content (AvgIpc) is 2.82. The maximum atomic E-state index is 13.2. The van der Waals surface area contributed by atoms with Gasteiger partial charge in [0.25, 0.3) is 16.1 Å². The molecule has 0 bridgehead atoms. The Morgan fingerprint density at radius 2 is 1.96 bits per heavy atom. The molecule has 0 spiro atoms. The Morgan fingerprint density at radius 3 is 2.40 bits per heavy atom. The molecule has 0 aromatic heterocycles. The Labute approximate surface area is 143 Å². The van der Waals surface area contributed by atoms with Crippen molar-refractivity contribution in [2.24, 2.45) is 17.4 Å². The molecule has 144 valence electrons. The van der Waals surface area contributed by atoms with Gasteiger partial charge >= 0.3 is 13.1 Å². The van der Waals surface area contributed by atoms with Crippen LogP contribution in [0.4, 0.5) is 8.78 Å². The molecule has 0 amide bonds. The van der Waals surface area contributed by atoms with Crippen LogP contribution < -0.4 is 16.2 Å². The van der Waals surface area contributed by atoms with Gasteiger partial charge in [-0.25, -0.2) is 8.78 Å². The van der Waals surface area contributed by atoms with Crippen LogP contribution >= 0.6 is 0 Å². The SMILES string of the molecule is N[C@H]1[C@H](NS(=O)(=O)N2C[C@H](CCCB(O)O)[C@](N)(C(=O)O)C2)C1(F)F. The lowest BCUT2D eigenvalue weighted by Crippen LogP contribution is -2.55. The van der Waals surface area contributed by atoms with Gasteiger partial charge in [-0.05, 0) is 12.7 Å².